The van der Waals surface area contributed by atoms with Gasteiger partial charge in [-0.05, 0) is 25.3 Å². The van der Waals surface area contributed by atoms with Gasteiger partial charge in [-0.25, -0.2) is 13.2 Å². The lowest BCUT2D eigenvalue weighted by atomic mass is 9.85. The lowest BCUT2D eigenvalue weighted by molar-refractivity contribution is -0.0656. The Morgan fingerprint density at radius 1 is 1.16 bits per heavy atom. The van der Waals surface area contributed by atoms with E-state index in [9.17, 15) is 27.6 Å². The maximum atomic E-state index is 14.3. The number of carbonyl (C=O) groups excluding carboxylic acids is 2. The monoisotopic (exact) mass is 610 g/mol. The zero-order valence-electron chi connectivity index (χ0n) is 23.9. The Morgan fingerprint density at radius 2 is 1.89 bits per heavy atom. The van der Waals surface area contributed by atoms with Gasteiger partial charge in [-0.3, -0.25) is 14.4 Å². The van der Waals surface area contributed by atoms with Crippen molar-refractivity contribution >= 4 is 17.7 Å². The molecule has 230 valence electrons. The Kier molecular flexibility index (Phi) is 7.56. The molecule has 0 unspecified atom stereocenters. The Labute approximate surface area is 250 Å². The molecule has 2 amide bonds. The SMILES string of the molecule is COC1=NO[C@@]2(CC[C@H](C)N3C[C@H]2n2cc(C(=O)NCc4c(F)cc(F)cc4F)c(=O)c(OCc4ccccc4)c2C3=O)C1. The second-order valence-corrected chi connectivity index (χ2v) is 11.1. The Bertz CT molecular complexity index is 1710. The molecule has 0 radical (unpaired) electrons. The van der Waals surface area contributed by atoms with Gasteiger partial charge in [-0.15, -0.1) is 0 Å². The molecule has 2 bridgehead atoms. The number of nitrogens with one attached hydrogen (secondary N) is 1. The van der Waals surface area contributed by atoms with Crippen LogP contribution in [0, 0.1) is 17.5 Å². The lowest BCUT2D eigenvalue weighted by Gasteiger charge is -2.42. The number of pyridine rings is 1. The average Bonchev–Trinajstić information content (AvgIpc) is 3.38. The van der Waals surface area contributed by atoms with Crippen LogP contribution in [-0.2, 0) is 22.7 Å². The van der Waals surface area contributed by atoms with E-state index in [0.29, 0.717) is 42.9 Å². The summed E-state index contributed by atoms with van der Waals surface area (Å²) in [5.74, 6) is -4.87. The highest BCUT2D eigenvalue weighted by atomic mass is 19.1. The molecule has 4 heterocycles. The van der Waals surface area contributed by atoms with Crippen molar-refractivity contribution in [1.29, 1.82) is 0 Å². The van der Waals surface area contributed by atoms with Crippen molar-refractivity contribution in [2.45, 2.75) is 57.0 Å². The minimum atomic E-state index is -1.19. The highest BCUT2D eigenvalue weighted by molar-refractivity contribution is 5.99. The van der Waals surface area contributed by atoms with Crippen LogP contribution in [0.15, 0.2) is 58.6 Å². The molecular weight excluding hydrogens is 581 g/mol. The number of carbonyl (C=O) groups is 2. The maximum Gasteiger partial charge on any atom is 0.274 e. The van der Waals surface area contributed by atoms with Crippen LogP contribution in [0.5, 0.6) is 5.75 Å². The fourth-order valence-corrected chi connectivity index (χ4v) is 6.05. The van der Waals surface area contributed by atoms with Crippen molar-refractivity contribution in [3.05, 3.63) is 98.7 Å². The number of ether oxygens (including phenoxy) is 2. The first kappa shape index (κ1) is 29.3. The number of hydrogen-bond donors (Lipinski definition) is 1. The van der Waals surface area contributed by atoms with Crippen molar-refractivity contribution in [2.75, 3.05) is 13.7 Å². The largest absolute Gasteiger partial charge is 0.483 e. The summed E-state index contributed by atoms with van der Waals surface area (Å²) in [5, 5.41) is 6.45. The van der Waals surface area contributed by atoms with Crippen LogP contribution in [0.4, 0.5) is 13.2 Å². The van der Waals surface area contributed by atoms with E-state index in [4.69, 9.17) is 14.3 Å². The summed E-state index contributed by atoms with van der Waals surface area (Å²) in [6.45, 7) is 1.37. The summed E-state index contributed by atoms with van der Waals surface area (Å²) in [7, 11) is 1.48. The molecule has 3 atom stereocenters. The number of halogens is 3. The lowest BCUT2D eigenvalue weighted by Crippen LogP contribution is -2.52. The number of fused-ring (bicyclic) bond motifs is 5. The highest BCUT2D eigenvalue weighted by Gasteiger charge is 2.54. The summed E-state index contributed by atoms with van der Waals surface area (Å²) in [5.41, 5.74) is -2.16. The molecular formula is C31H29F3N4O6. The molecule has 10 nitrogen and oxygen atoms in total. The Morgan fingerprint density at radius 3 is 2.57 bits per heavy atom. The number of oxime groups is 1. The van der Waals surface area contributed by atoms with Gasteiger partial charge in [-0.2, -0.15) is 0 Å². The molecule has 0 aliphatic carbocycles. The van der Waals surface area contributed by atoms with Gasteiger partial charge < -0.3 is 29.1 Å². The van der Waals surface area contributed by atoms with Crippen molar-refractivity contribution in [3.8, 4) is 5.75 Å². The average molecular weight is 611 g/mol. The summed E-state index contributed by atoms with van der Waals surface area (Å²) in [6, 6.07) is 9.16. The first-order valence-corrected chi connectivity index (χ1v) is 14.1. The van der Waals surface area contributed by atoms with Gasteiger partial charge in [0, 0.05) is 43.0 Å². The zero-order valence-corrected chi connectivity index (χ0v) is 23.9. The Balaban J connectivity index is 1.45. The third kappa shape index (κ3) is 5.05. The van der Waals surface area contributed by atoms with E-state index in [1.807, 2.05) is 13.0 Å². The van der Waals surface area contributed by atoms with Gasteiger partial charge in [0.25, 0.3) is 11.8 Å². The number of benzene rings is 2. The summed E-state index contributed by atoms with van der Waals surface area (Å²) < 4.78 is 54.9. The molecule has 44 heavy (non-hydrogen) atoms. The van der Waals surface area contributed by atoms with E-state index in [1.165, 1.54) is 17.9 Å². The first-order chi connectivity index (χ1) is 21.1. The minimum Gasteiger partial charge on any atom is -0.483 e. The van der Waals surface area contributed by atoms with Crippen molar-refractivity contribution in [1.82, 2.24) is 14.8 Å². The van der Waals surface area contributed by atoms with Crippen LogP contribution in [0.1, 0.15) is 64.2 Å². The minimum absolute atomic E-state index is 0.0445. The van der Waals surface area contributed by atoms with E-state index in [0.717, 1.165) is 0 Å². The van der Waals surface area contributed by atoms with Gasteiger partial charge in [0.15, 0.2) is 17.0 Å². The summed E-state index contributed by atoms with van der Waals surface area (Å²) in [6.07, 6.45) is 2.62. The summed E-state index contributed by atoms with van der Waals surface area (Å²) in [4.78, 5) is 49.0. The molecule has 1 spiro atoms. The van der Waals surface area contributed by atoms with Gasteiger partial charge in [0.1, 0.15) is 29.6 Å². The van der Waals surface area contributed by atoms with E-state index in [2.05, 4.69) is 10.5 Å². The van der Waals surface area contributed by atoms with Crippen LogP contribution in [0.25, 0.3) is 0 Å². The third-order valence-corrected chi connectivity index (χ3v) is 8.50. The number of hydrogen-bond acceptors (Lipinski definition) is 7. The van der Waals surface area contributed by atoms with Gasteiger partial charge in [-0.1, -0.05) is 35.5 Å². The molecule has 1 fully saturated rings. The fourth-order valence-electron chi connectivity index (χ4n) is 6.05. The molecule has 3 aliphatic heterocycles. The topological polar surface area (TPSA) is 111 Å². The normalized spacial score (nSPS) is 22.2. The van der Waals surface area contributed by atoms with Crippen LogP contribution in [0.3, 0.4) is 0 Å². The highest BCUT2D eigenvalue weighted by Crippen LogP contribution is 2.46. The number of methoxy groups -OCH3 is 1. The Hall–Kier alpha value is -4.81. The fraction of sp³-hybridized carbons (Fsp3) is 0.355. The molecule has 3 aliphatic rings. The molecule has 13 heteroatoms. The predicted octanol–water partition coefficient (Wildman–Crippen LogP) is 4.07. The van der Waals surface area contributed by atoms with Crippen LogP contribution < -0.4 is 15.5 Å². The van der Waals surface area contributed by atoms with Crippen LogP contribution >= 0.6 is 0 Å². The number of aromatic nitrogens is 1. The first-order valence-electron chi connectivity index (χ1n) is 14.1. The number of nitrogens with zero attached hydrogens (tertiary/aromatic N) is 3. The molecule has 6 rings (SSSR count). The zero-order chi connectivity index (χ0) is 31.2. The molecule has 1 N–H and O–H groups in total. The number of rotatable bonds is 6. The van der Waals surface area contributed by atoms with Crippen molar-refractivity contribution < 1.29 is 37.1 Å². The van der Waals surface area contributed by atoms with E-state index >= 15 is 0 Å². The van der Waals surface area contributed by atoms with E-state index < -0.39 is 64.0 Å². The van der Waals surface area contributed by atoms with Crippen molar-refractivity contribution in [2.24, 2.45) is 5.16 Å². The maximum absolute atomic E-state index is 14.3. The second kappa shape index (κ2) is 11.4. The molecule has 1 saturated heterocycles. The standard InChI is InChI=1S/C31H29F3N4O6/c1-17-8-9-31(12-25(42-2)36-44-31)24-15-37(17)30(41)26-28(43-16-18-6-4-3-5-7-18)27(39)21(14-38(24)26)29(40)35-13-20-22(33)10-19(32)11-23(20)34/h3-7,10-11,14,17,24H,8-9,12-13,15-16H2,1-2H3,(H,35,40)/t17-,24+,31-/m0/s1. The predicted molar refractivity (Wildman–Crippen MR) is 151 cm³/mol. The smallest absolute Gasteiger partial charge is 0.274 e. The third-order valence-electron chi connectivity index (χ3n) is 8.50. The van der Waals surface area contributed by atoms with Crippen LogP contribution in [0.2, 0.25) is 0 Å². The summed E-state index contributed by atoms with van der Waals surface area (Å²) >= 11 is 0. The van der Waals surface area contributed by atoms with E-state index in [-0.39, 0.29) is 30.6 Å². The second-order valence-electron chi connectivity index (χ2n) is 11.1. The van der Waals surface area contributed by atoms with Gasteiger partial charge in [0.2, 0.25) is 11.3 Å². The van der Waals surface area contributed by atoms with Gasteiger partial charge in [0.05, 0.1) is 19.6 Å². The van der Waals surface area contributed by atoms with E-state index in [1.54, 1.807) is 29.2 Å². The molecule has 2 aromatic carbocycles. The van der Waals surface area contributed by atoms with Gasteiger partial charge >= 0.3 is 0 Å². The number of amides is 2. The quantitative estimate of drug-likeness (QED) is 0.451. The molecule has 3 aromatic rings. The van der Waals surface area contributed by atoms with Crippen LogP contribution in [-0.4, -0.2) is 52.5 Å². The molecule has 0 saturated carbocycles. The van der Waals surface area contributed by atoms with Crippen molar-refractivity contribution in [3.63, 3.8) is 0 Å². The molecule has 1 aromatic heterocycles.